The van der Waals surface area contributed by atoms with Crippen molar-refractivity contribution >= 4 is 5.78 Å². The summed E-state index contributed by atoms with van der Waals surface area (Å²) in [6.07, 6.45) is -2.71. The van der Waals surface area contributed by atoms with Crippen molar-refractivity contribution in [2.45, 2.75) is 32.9 Å². The first-order valence-electron chi connectivity index (χ1n) is 5.41. The lowest BCUT2D eigenvalue weighted by Crippen LogP contribution is -2.36. The lowest BCUT2D eigenvalue weighted by molar-refractivity contribution is -0.146. The standard InChI is InChI=1S/C11H18F3NO/c1-10(2)5-4-8(9(10)16)6-15(3)7-11(12,13)14/h8H,4-7H2,1-3H3. The van der Waals surface area contributed by atoms with Gasteiger partial charge < -0.3 is 0 Å². The molecule has 1 aliphatic carbocycles. The predicted octanol–water partition coefficient (Wildman–Crippen LogP) is 2.49. The van der Waals surface area contributed by atoms with Gasteiger partial charge in [0.2, 0.25) is 0 Å². The number of halogens is 3. The second-order valence-electron chi connectivity index (χ2n) is 5.30. The first-order valence-corrected chi connectivity index (χ1v) is 5.41. The molecule has 0 spiro atoms. The zero-order valence-corrected chi connectivity index (χ0v) is 9.90. The number of Topliss-reactive ketones (excluding diaryl/α,β-unsaturated/α-hetero) is 1. The third-order valence-electron chi connectivity index (χ3n) is 3.14. The summed E-state index contributed by atoms with van der Waals surface area (Å²) in [6.45, 7) is 2.98. The molecule has 1 aliphatic rings. The molecular weight excluding hydrogens is 219 g/mol. The Bertz CT molecular complexity index is 273. The van der Waals surface area contributed by atoms with Crippen LogP contribution >= 0.6 is 0 Å². The van der Waals surface area contributed by atoms with Crippen LogP contribution in [0.1, 0.15) is 26.7 Å². The van der Waals surface area contributed by atoms with Gasteiger partial charge in [-0.05, 0) is 19.9 Å². The number of hydrogen-bond donors (Lipinski definition) is 0. The third-order valence-corrected chi connectivity index (χ3v) is 3.14. The van der Waals surface area contributed by atoms with Crippen LogP contribution in [-0.2, 0) is 4.79 Å². The van der Waals surface area contributed by atoms with Crippen LogP contribution in [0.4, 0.5) is 13.2 Å². The molecule has 0 aromatic rings. The van der Waals surface area contributed by atoms with Crippen LogP contribution in [0.3, 0.4) is 0 Å². The molecule has 0 aromatic carbocycles. The van der Waals surface area contributed by atoms with Gasteiger partial charge >= 0.3 is 6.18 Å². The van der Waals surface area contributed by atoms with Crippen molar-refractivity contribution in [1.82, 2.24) is 4.90 Å². The molecule has 0 bridgehead atoms. The molecular formula is C11H18F3NO. The molecule has 0 radical (unpaired) electrons. The quantitative estimate of drug-likeness (QED) is 0.751. The van der Waals surface area contributed by atoms with E-state index in [4.69, 9.17) is 0 Å². The van der Waals surface area contributed by atoms with Crippen molar-refractivity contribution in [3.63, 3.8) is 0 Å². The van der Waals surface area contributed by atoms with Gasteiger partial charge in [-0.3, -0.25) is 9.69 Å². The minimum Gasteiger partial charge on any atom is -0.299 e. The normalized spacial score (nSPS) is 25.4. The second-order valence-corrected chi connectivity index (χ2v) is 5.30. The molecule has 1 atom stereocenters. The van der Waals surface area contributed by atoms with Crippen molar-refractivity contribution in [2.75, 3.05) is 20.1 Å². The van der Waals surface area contributed by atoms with E-state index >= 15 is 0 Å². The molecule has 0 aromatic heterocycles. The van der Waals surface area contributed by atoms with E-state index in [0.29, 0.717) is 6.42 Å². The number of carbonyl (C=O) groups excluding carboxylic acids is 1. The lowest BCUT2D eigenvalue weighted by atomic mass is 9.89. The highest BCUT2D eigenvalue weighted by atomic mass is 19.4. The number of nitrogens with zero attached hydrogens (tertiary/aromatic N) is 1. The van der Waals surface area contributed by atoms with Gasteiger partial charge in [-0.15, -0.1) is 0 Å². The van der Waals surface area contributed by atoms with Crippen LogP contribution in [0.2, 0.25) is 0 Å². The Balaban J connectivity index is 2.48. The van der Waals surface area contributed by atoms with Crippen molar-refractivity contribution in [3.8, 4) is 0 Å². The fourth-order valence-corrected chi connectivity index (χ4v) is 2.26. The van der Waals surface area contributed by atoms with Crippen LogP contribution in [0.25, 0.3) is 0 Å². The van der Waals surface area contributed by atoms with E-state index in [9.17, 15) is 18.0 Å². The number of carbonyl (C=O) groups is 1. The number of alkyl halides is 3. The van der Waals surface area contributed by atoms with Gasteiger partial charge in [-0.25, -0.2) is 0 Å². The molecule has 16 heavy (non-hydrogen) atoms. The summed E-state index contributed by atoms with van der Waals surface area (Å²) in [5.41, 5.74) is -0.357. The molecule has 0 aliphatic heterocycles. The van der Waals surface area contributed by atoms with Crippen LogP contribution < -0.4 is 0 Å². The maximum atomic E-state index is 12.1. The van der Waals surface area contributed by atoms with E-state index in [2.05, 4.69) is 0 Å². The Morgan fingerprint density at radius 2 is 2.00 bits per heavy atom. The topological polar surface area (TPSA) is 20.3 Å². The summed E-state index contributed by atoms with van der Waals surface area (Å²) >= 11 is 0. The van der Waals surface area contributed by atoms with Gasteiger partial charge in [0.05, 0.1) is 6.54 Å². The summed E-state index contributed by atoms with van der Waals surface area (Å²) in [4.78, 5) is 13.0. The summed E-state index contributed by atoms with van der Waals surface area (Å²) in [7, 11) is 1.41. The third kappa shape index (κ3) is 3.47. The molecule has 1 saturated carbocycles. The van der Waals surface area contributed by atoms with E-state index in [-0.39, 0.29) is 23.7 Å². The van der Waals surface area contributed by atoms with Crippen molar-refractivity contribution in [2.24, 2.45) is 11.3 Å². The monoisotopic (exact) mass is 237 g/mol. The highest BCUT2D eigenvalue weighted by molar-refractivity contribution is 5.88. The molecule has 0 N–H and O–H groups in total. The summed E-state index contributed by atoms with van der Waals surface area (Å²) in [5, 5.41) is 0. The minimum absolute atomic E-state index is 0.0986. The molecule has 1 unspecified atom stereocenters. The fourth-order valence-electron chi connectivity index (χ4n) is 2.26. The number of rotatable bonds is 3. The van der Waals surface area contributed by atoms with E-state index in [1.807, 2.05) is 13.8 Å². The highest BCUT2D eigenvalue weighted by Gasteiger charge is 2.41. The van der Waals surface area contributed by atoms with E-state index < -0.39 is 12.7 Å². The Hall–Kier alpha value is -0.580. The number of ketones is 1. The van der Waals surface area contributed by atoms with Crippen molar-refractivity contribution in [1.29, 1.82) is 0 Å². The second kappa shape index (κ2) is 4.35. The highest BCUT2D eigenvalue weighted by Crippen LogP contribution is 2.37. The van der Waals surface area contributed by atoms with Gasteiger partial charge in [0.15, 0.2) is 0 Å². The molecule has 0 heterocycles. The average molecular weight is 237 g/mol. The smallest absolute Gasteiger partial charge is 0.299 e. The van der Waals surface area contributed by atoms with Gasteiger partial charge in [-0.2, -0.15) is 13.2 Å². The Morgan fingerprint density at radius 1 is 1.44 bits per heavy atom. The zero-order valence-electron chi connectivity index (χ0n) is 9.90. The van der Waals surface area contributed by atoms with Crippen molar-refractivity contribution in [3.05, 3.63) is 0 Å². The van der Waals surface area contributed by atoms with Crippen molar-refractivity contribution < 1.29 is 18.0 Å². The van der Waals surface area contributed by atoms with Gasteiger partial charge in [0.1, 0.15) is 5.78 Å². The first-order chi connectivity index (χ1) is 7.12. The van der Waals surface area contributed by atoms with Gasteiger partial charge in [0, 0.05) is 17.9 Å². The first kappa shape index (κ1) is 13.5. The van der Waals surface area contributed by atoms with E-state index in [1.165, 1.54) is 11.9 Å². The fraction of sp³-hybridized carbons (Fsp3) is 0.909. The van der Waals surface area contributed by atoms with E-state index in [1.54, 1.807) is 0 Å². The van der Waals surface area contributed by atoms with Crippen LogP contribution in [0.5, 0.6) is 0 Å². The SMILES string of the molecule is CN(CC1CCC(C)(C)C1=O)CC(F)(F)F. The van der Waals surface area contributed by atoms with Crippen LogP contribution in [-0.4, -0.2) is 37.0 Å². The average Bonchev–Trinajstić information content (AvgIpc) is 2.28. The number of hydrogen-bond acceptors (Lipinski definition) is 2. The molecule has 1 rings (SSSR count). The molecule has 5 heteroatoms. The van der Waals surface area contributed by atoms with Gasteiger partial charge in [0.25, 0.3) is 0 Å². The van der Waals surface area contributed by atoms with Gasteiger partial charge in [-0.1, -0.05) is 13.8 Å². The van der Waals surface area contributed by atoms with Crippen LogP contribution in [0.15, 0.2) is 0 Å². The largest absolute Gasteiger partial charge is 0.401 e. The zero-order chi connectivity index (χ0) is 12.6. The Morgan fingerprint density at radius 3 is 2.38 bits per heavy atom. The maximum absolute atomic E-state index is 12.1. The molecule has 0 saturated heterocycles. The Kier molecular flexibility index (Phi) is 3.67. The molecule has 2 nitrogen and oxygen atoms in total. The predicted molar refractivity (Wildman–Crippen MR) is 55.1 cm³/mol. The maximum Gasteiger partial charge on any atom is 0.401 e. The van der Waals surface area contributed by atoms with Crippen LogP contribution in [0, 0.1) is 11.3 Å². The molecule has 94 valence electrons. The molecule has 0 amide bonds. The Labute approximate surface area is 93.8 Å². The minimum atomic E-state index is -4.19. The lowest BCUT2D eigenvalue weighted by Gasteiger charge is -2.22. The van der Waals surface area contributed by atoms with E-state index in [0.717, 1.165) is 6.42 Å². The molecule has 1 fully saturated rings. The summed E-state index contributed by atoms with van der Waals surface area (Å²) < 4.78 is 36.3. The summed E-state index contributed by atoms with van der Waals surface area (Å²) in [6, 6.07) is 0. The summed E-state index contributed by atoms with van der Waals surface area (Å²) in [5.74, 6) is -0.135.